The van der Waals surface area contributed by atoms with Crippen molar-refractivity contribution in [1.82, 2.24) is 10.6 Å². The summed E-state index contributed by atoms with van der Waals surface area (Å²) in [7, 11) is 0. The largest absolute Gasteiger partial charge is 0.392 e. The van der Waals surface area contributed by atoms with Gasteiger partial charge in [0.1, 0.15) is 0 Å². The van der Waals surface area contributed by atoms with E-state index in [4.69, 9.17) is 10.8 Å². The molecule has 6 nitrogen and oxygen atoms in total. The molecule has 1 unspecified atom stereocenters. The van der Waals surface area contributed by atoms with Crippen LogP contribution in [0.3, 0.4) is 0 Å². The second-order valence-corrected chi connectivity index (χ2v) is 4.14. The van der Waals surface area contributed by atoms with E-state index in [2.05, 4.69) is 10.6 Å². The SMILES string of the molecule is CC(O)CNC(=O)CNC(=O)[C@@H](N)C(C)C. The van der Waals surface area contributed by atoms with Crippen LogP contribution < -0.4 is 16.4 Å². The lowest BCUT2D eigenvalue weighted by Crippen LogP contribution is -2.47. The van der Waals surface area contributed by atoms with Crippen LogP contribution in [-0.2, 0) is 9.59 Å². The van der Waals surface area contributed by atoms with Gasteiger partial charge in [-0.1, -0.05) is 13.8 Å². The molecule has 0 aromatic carbocycles. The minimum absolute atomic E-state index is 0.0283. The van der Waals surface area contributed by atoms with Crippen molar-refractivity contribution in [2.24, 2.45) is 11.7 Å². The zero-order valence-electron chi connectivity index (χ0n) is 9.99. The molecule has 0 fully saturated rings. The van der Waals surface area contributed by atoms with Crippen molar-refractivity contribution in [3.8, 4) is 0 Å². The number of aliphatic hydroxyl groups excluding tert-OH is 1. The van der Waals surface area contributed by atoms with Crippen LogP contribution in [0.5, 0.6) is 0 Å². The lowest BCUT2D eigenvalue weighted by molar-refractivity contribution is -0.127. The number of nitrogens with one attached hydrogen (secondary N) is 2. The molecule has 0 spiro atoms. The molecule has 0 aliphatic carbocycles. The van der Waals surface area contributed by atoms with Crippen LogP contribution in [0, 0.1) is 5.92 Å². The molecular weight excluding hydrogens is 210 g/mol. The molecule has 0 bridgehead atoms. The molecule has 2 amide bonds. The fourth-order valence-electron chi connectivity index (χ4n) is 0.912. The molecule has 0 aromatic rings. The van der Waals surface area contributed by atoms with Crippen LogP contribution >= 0.6 is 0 Å². The highest BCUT2D eigenvalue weighted by Crippen LogP contribution is 1.97. The molecule has 0 saturated carbocycles. The van der Waals surface area contributed by atoms with Crippen molar-refractivity contribution in [3.63, 3.8) is 0 Å². The first-order valence-corrected chi connectivity index (χ1v) is 5.32. The van der Waals surface area contributed by atoms with E-state index in [1.54, 1.807) is 6.92 Å². The molecule has 0 aromatic heterocycles. The first-order chi connectivity index (χ1) is 7.34. The van der Waals surface area contributed by atoms with Gasteiger partial charge < -0.3 is 21.5 Å². The van der Waals surface area contributed by atoms with Gasteiger partial charge >= 0.3 is 0 Å². The van der Waals surface area contributed by atoms with E-state index in [-0.39, 0.29) is 30.8 Å². The minimum Gasteiger partial charge on any atom is -0.392 e. The lowest BCUT2D eigenvalue weighted by Gasteiger charge is -2.15. The Hall–Kier alpha value is -1.14. The Kier molecular flexibility index (Phi) is 6.67. The van der Waals surface area contributed by atoms with Gasteiger partial charge in [-0.25, -0.2) is 0 Å². The maximum absolute atomic E-state index is 11.4. The van der Waals surface area contributed by atoms with Crippen LogP contribution in [-0.4, -0.2) is 42.2 Å². The normalized spacial score (nSPS) is 14.4. The topological polar surface area (TPSA) is 104 Å². The summed E-state index contributed by atoms with van der Waals surface area (Å²) in [5, 5.41) is 13.8. The maximum atomic E-state index is 11.4. The van der Waals surface area contributed by atoms with Crippen molar-refractivity contribution < 1.29 is 14.7 Å². The first kappa shape index (κ1) is 14.9. The van der Waals surface area contributed by atoms with Gasteiger partial charge in [0.05, 0.1) is 18.7 Å². The molecule has 0 aliphatic rings. The number of hydrogen-bond donors (Lipinski definition) is 4. The van der Waals surface area contributed by atoms with Gasteiger partial charge in [-0.2, -0.15) is 0 Å². The summed E-state index contributed by atoms with van der Waals surface area (Å²) in [6.07, 6.45) is -0.599. The number of amides is 2. The molecule has 0 heterocycles. The predicted octanol–water partition coefficient (Wildman–Crippen LogP) is -1.42. The van der Waals surface area contributed by atoms with Crippen molar-refractivity contribution in [2.45, 2.75) is 32.9 Å². The fourth-order valence-corrected chi connectivity index (χ4v) is 0.912. The van der Waals surface area contributed by atoms with Gasteiger partial charge in [0.2, 0.25) is 11.8 Å². The highest BCUT2D eigenvalue weighted by molar-refractivity contribution is 5.87. The van der Waals surface area contributed by atoms with Gasteiger partial charge in [0.25, 0.3) is 0 Å². The third-order valence-corrected chi connectivity index (χ3v) is 2.04. The van der Waals surface area contributed by atoms with Gasteiger partial charge in [-0.05, 0) is 12.8 Å². The van der Waals surface area contributed by atoms with E-state index >= 15 is 0 Å². The minimum atomic E-state index is -0.607. The first-order valence-electron chi connectivity index (χ1n) is 5.32. The molecule has 0 aliphatic heterocycles. The number of rotatable bonds is 6. The van der Waals surface area contributed by atoms with E-state index < -0.39 is 12.1 Å². The molecule has 0 rings (SSSR count). The van der Waals surface area contributed by atoms with Crippen LogP contribution in [0.15, 0.2) is 0 Å². The van der Waals surface area contributed by atoms with Gasteiger partial charge in [-0.15, -0.1) is 0 Å². The molecule has 6 heteroatoms. The van der Waals surface area contributed by atoms with Gasteiger partial charge in [0, 0.05) is 6.54 Å². The molecule has 0 saturated heterocycles. The third-order valence-electron chi connectivity index (χ3n) is 2.04. The summed E-state index contributed by atoms with van der Waals surface area (Å²) >= 11 is 0. The van der Waals surface area contributed by atoms with Crippen molar-refractivity contribution in [2.75, 3.05) is 13.1 Å². The standard InChI is InChI=1S/C10H21N3O3/c1-6(2)9(11)10(16)13-5-8(15)12-4-7(3)14/h6-7,9,14H,4-5,11H2,1-3H3,(H,12,15)(H,13,16)/t7?,9-/m0/s1. The number of carbonyl (C=O) groups is 2. The van der Waals surface area contributed by atoms with Crippen LogP contribution in [0.2, 0.25) is 0 Å². The van der Waals surface area contributed by atoms with E-state index in [9.17, 15) is 9.59 Å². The quantitative estimate of drug-likeness (QED) is 0.450. The van der Waals surface area contributed by atoms with Gasteiger partial charge in [0.15, 0.2) is 0 Å². The van der Waals surface area contributed by atoms with Gasteiger partial charge in [-0.3, -0.25) is 9.59 Å². The van der Waals surface area contributed by atoms with E-state index in [0.29, 0.717) is 0 Å². The number of aliphatic hydroxyl groups is 1. The Morgan fingerprint density at radius 1 is 1.25 bits per heavy atom. The van der Waals surface area contributed by atoms with E-state index in [0.717, 1.165) is 0 Å². The molecule has 16 heavy (non-hydrogen) atoms. The smallest absolute Gasteiger partial charge is 0.239 e. The lowest BCUT2D eigenvalue weighted by atomic mass is 10.1. The zero-order valence-corrected chi connectivity index (χ0v) is 9.99. The number of hydrogen-bond acceptors (Lipinski definition) is 4. The summed E-state index contributed by atoms with van der Waals surface area (Å²) in [5.41, 5.74) is 5.58. The third kappa shape index (κ3) is 6.36. The molecular formula is C10H21N3O3. The Morgan fingerprint density at radius 2 is 1.81 bits per heavy atom. The molecule has 94 valence electrons. The Labute approximate surface area is 95.6 Å². The number of carbonyl (C=O) groups excluding carboxylic acids is 2. The summed E-state index contributed by atoms with van der Waals surface area (Å²) in [6, 6.07) is -0.607. The Morgan fingerprint density at radius 3 is 2.25 bits per heavy atom. The van der Waals surface area contributed by atoms with E-state index in [1.165, 1.54) is 0 Å². The highest BCUT2D eigenvalue weighted by atomic mass is 16.3. The second kappa shape index (κ2) is 7.19. The second-order valence-electron chi connectivity index (χ2n) is 4.14. The van der Waals surface area contributed by atoms with Crippen molar-refractivity contribution in [1.29, 1.82) is 0 Å². The summed E-state index contributed by atoms with van der Waals surface area (Å²) in [6.45, 7) is 5.28. The van der Waals surface area contributed by atoms with Crippen molar-refractivity contribution in [3.05, 3.63) is 0 Å². The average molecular weight is 231 g/mol. The highest BCUT2D eigenvalue weighted by Gasteiger charge is 2.17. The monoisotopic (exact) mass is 231 g/mol. The summed E-state index contributed by atoms with van der Waals surface area (Å²) in [5.74, 6) is -0.659. The van der Waals surface area contributed by atoms with Crippen LogP contribution in [0.4, 0.5) is 0 Å². The zero-order chi connectivity index (χ0) is 12.7. The molecule has 0 radical (unpaired) electrons. The van der Waals surface area contributed by atoms with Crippen LogP contribution in [0.1, 0.15) is 20.8 Å². The predicted molar refractivity (Wildman–Crippen MR) is 60.5 cm³/mol. The van der Waals surface area contributed by atoms with Crippen molar-refractivity contribution >= 4 is 11.8 Å². The summed E-state index contributed by atoms with van der Waals surface area (Å²) < 4.78 is 0. The molecule has 5 N–H and O–H groups in total. The molecule has 2 atom stereocenters. The Bertz CT molecular complexity index is 241. The maximum Gasteiger partial charge on any atom is 0.239 e. The fraction of sp³-hybridized carbons (Fsp3) is 0.800. The summed E-state index contributed by atoms with van der Waals surface area (Å²) in [4.78, 5) is 22.5. The number of nitrogens with two attached hydrogens (primary N) is 1. The van der Waals surface area contributed by atoms with E-state index in [1.807, 2.05) is 13.8 Å². The van der Waals surface area contributed by atoms with Crippen LogP contribution in [0.25, 0.3) is 0 Å². The Balaban J connectivity index is 3.79. The average Bonchev–Trinajstić information content (AvgIpc) is 2.21.